The second kappa shape index (κ2) is 4.49. The fraction of sp³-hybridized carbons (Fsp3) is 0.385. The number of fused-ring (bicyclic) bond motifs is 1. The second-order valence-corrected chi connectivity index (χ2v) is 4.13. The Morgan fingerprint density at radius 2 is 1.94 bits per heavy atom. The zero-order valence-corrected chi connectivity index (χ0v) is 9.23. The number of benzene rings is 1. The van der Waals surface area contributed by atoms with Gasteiger partial charge in [-0.05, 0) is 6.08 Å². The van der Waals surface area contributed by atoms with E-state index in [0.717, 1.165) is 5.56 Å². The van der Waals surface area contributed by atoms with Crippen molar-refractivity contribution in [3.8, 4) is 0 Å². The largest absolute Gasteiger partial charge is 0.493 e. The van der Waals surface area contributed by atoms with Gasteiger partial charge in [0.25, 0.3) is 0 Å². The molecule has 0 saturated carbocycles. The van der Waals surface area contributed by atoms with Gasteiger partial charge in [-0.15, -0.1) is 0 Å². The monoisotopic (exact) mass is 234 g/mol. The Labute approximate surface area is 99.4 Å². The van der Waals surface area contributed by atoms with E-state index in [2.05, 4.69) is 0 Å². The van der Waals surface area contributed by atoms with Gasteiger partial charge in [0.05, 0.1) is 12.9 Å². The summed E-state index contributed by atoms with van der Waals surface area (Å²) in [7, 11) is 0. The van der Waals surface area contributed by atoms with Crippen molar-refractivity contribution in [2.24, 2.45) is 0 Å². The molecule has 4 heteroatoms. The van der Waals surface area contributed by atoms with Gasteiger partial charge >= 0.3 is 0 Å². The Morgan fingerprint density at radius 1 is 1.12 bits per heavy atom. The van der Waals surface area contributed by atoms with Gasteiger partial charge in [-0.25, -0.2) is 0 Å². The first-order valence-electron chi connectivity index (χ1n) is 5.67. The van der Waals surface area contributed by atoms with Crippen LogP contribution in [-0.2, 0) is 14.2 Å². The van der Waals surface area contributed by atoms with Gasteiger partial charge in [0.15, 0.2) is 6.29 Å². The molecule has 1 aromatic rings. The third-order valence-electron chi connectivity index (χ3n) is 3.02. The molecule has 1 N–H and O–H groups in total. The Hall–Kier alpha value is -1.36. The van der Waals surface area contributed by atoms with Gasteiger partial charge in [-0.3, -0.25) is 0 Å². The first kappa shape index (κ1) is 10.8. The summed E-state index contributed by atoms with van der Waals surface area (Å²) in [6, 6.07) is 9.76. The van der Waals surface area contributed by atoms with Crippen LogP contribution in [0.25, 0.3) is 0 Å². The fourth-order valence-electron chi connectivity index (χ4n) is 2.14. The molecule has 2 heterocycles. The molecule has 90 valence electrons. The molecule has 0 spiro atoms. The molecule has 0 bridgehead atoms. The summed E-state index contributed by atoms with van der Waals surface area (Å²) in [5, 5.41) is 9.20. The van der Waals surface area contributed by atoms with Crippen LogP contribution in [0.15, 0.2) is 42.7 Å². The molecule has 0 radical (unpaired) electrons. The van der Waals surface area contributed by atoms with Gasteiger partial charge in [0.1, 0.15) is 18.3 Å². The number of ether oxygens (including phenoxy) is 3. The van der Waals surface area contributed by atoms with Crippen LogP contribution in [-0.4, -0.2) is 30.0 Å². The Bertz CT molecular complexity index is 403. The van der Waals surface area contributed by atoms with Gasteiger partial charge in [0, 0.05) is 5.56 Å². The van der Waals surface area contributed by atoms with Crippen LogP contribution in [0.1, 0.15) is 11.9 Å². The van der Waals surface area contributed by atoms with Crippen molar-refractivity contribution in [1.29, 1.82) is 0 Å². The molecule has 2 aliphatic heterocycles. The van der Waals surface area contributed by atoms with Crippen molar-refractivity contribution in [3.63, 3.8) is 0 Å². The van der Waals surface area contributed by atoms with Crippen molar-refractivity contribution in [1.82, 2.24) is 0 Å². The Morgan fingerprint density at radius 3 is 2.71 bits per heavy atom. The maximum atomic E-state index is 9.20. The third kappa shape index (κ3) is 1.95. The molecule has 0 aliphatic carbocycles. The van der Waals surface area contributed by atoms with E-state index in [-0.39, 0.29) is 31.2 Å². The van der Waals surface area contributed by atoms with Crippen LogP contribution >= 0.6 is 0 Å². The summed E-state index contributed by atoms with van der Waals surface area (Å²) < 4.78 is 16.9. The third-order valence-corrected chi connectivity index (χ3v) is 3.02. The predicted molar refractivity (Wildman–Crippen MR) is 60.0 cm³/mol. The van der Waals surface area contributed by atoms with Gasteiger partial charge < -0.3 is 19.3 Å². The molecule has 1 unspecified atom stereocenters. The Balaban J connectivity index is 1.79. The zero-order valence-electron chi connectivity index (χ0n) is 9.23. The van der Waals surface area contributed by atoms with Crippen LogP contribution < -0.4 is 0 Å². The molecular weight excluding hydrogens is 220 g/mol. The van der Waals surface area contributed by atoms with Crippen LogP contribution in [0.5, 0.6) is 0 Å². The highest BCUT2D eigenvalue weighted by Crippen LogP contribution is 2.35. The molecule has 1 saturated heterocycles. The predicted octanol–water partition coefficient (Wildman–Crippen LogP) is 1.37. The molecule has 2 aliphatic rings. The van der Waals surface area contributed by atoms with E-state index >= 15 is 0 Å². The highest BCUT2D eigenvalue weighted by atomic mass is 16.7. The molecular formula is C13H14O4. The molecule has 0 aromatic heterocycles. The molecule has 4 nitrogen and oxygen atoms in total. The summed E-state index contributed by atoms with van der Waals surface area (Å²) in [6.45, 7) is -0.0730. The molecule has 1 aromatic carbocycles. The standard InChI is InChI=1S/C13H14O4/c14-8-11-12-10(6-7-15-11)16-13(17-12)9-4-2-1-3-5-9/h1-7,10-14H,8H2/t10-,11-,12-,13?/m1/s1. The molecule has 3 rings (SSSR count). The highest BCUT2D eigenvalue weighted by Gasteiger charge is 2.42. The SMILES string of the molecule is OC[C@H]1OC=C[C@H]2OC(c3ccccc3)O[C@H]21. The lowest BCUT2D eigenvalue weighted by atomic mass is 10.1. The number of hydrogen-bond acceptors (Lipinski definition) is 4. The second-order valence-electron chi connectivity index (χ2n) is 4.13. The van der Waals surface area contributed by atoms with Gasteiger partial charge in [-0.1, -0.05) is 30.3 Å². The van der Waals surface area contributed by atoms with Crippen LogP contribution in [0.2, 0.25) is 0 Å². The topological polar surface area (TPSA) is 47.9 Å². The van der Waals surface area contributed by atoms with Crippen molar-refractivity contribution in [3.05, 3.63) is 48.2 Å². The van der Waals surface area contributed by atoms with Crippen LogP contribution in [0, 0.1) is 0 Å². The number of hydrogen-bond donors (Lipinski definition) is 1. The minimum absolute atomic E-state index is 0.0730. The van der Waals surface area contributed by atoms with Gasteiger partial charge in [0.2, 0.25) is 0 Å². The minimum atomic E-state index is -0.383. The minimum Gasteiger partial charge on any atom is -0.493 e. The normalized spacial score (nSPS) is 35.4. The van der Waals surface area contributed by atoms with Crippen molar-refractivity contribution in [2.45, 2.75) is 24.6 Å². The first-order chi connectivity index (χ1) is 8.38. The molecule has 1 fully saturated rings. The van der Waals surface area contributed by atoms with E-state index in [1.54, 1.807) is 6.26 Å². The lowest BCUT2D eigenvalue weighted by molar-refractivity contribution is -0.0918. The quantitative estimate of drug-likeness (QED) is 0.839. The average molecular weight is 234 g/mol. The number of rotatable bonds is 2. The number of aliphatic hydroxyl groups excluding tert-OH is 1. The van der Waals surface area contributed by atoms with E-state index < -0.39 is 0 Å². The highest BCUT2D eigenvalue weighted by molar-refractivity contribution is 5.18. The lowest BCUT2D eigenvalue weighted by Gasteiger charge is -2.26. The first-order valence-corrected chi connectivity index (χ1v) is 5.67. The van der Waals surface area contributed by atoms with Crippen molar-refractivity contribution >= 4 is 0 Å². The summed E-state index contributed by atoms with van der Waals surface area (Å²) in [5.41, 5.74) is 0.979. The maximum absolute atomic E-state index is 9.20. The summed E-state index contributed by atoms with van der Waals surface area (Å²) in [6.07, 6.45) is 2.27. The van der Waals surface area contributed by atoms with E-state index in [1.165, 1.54) is 0 Å². The van der Waals surface area contributed by atoms with Crippen molar-refractivity contribution in [2.75, 3.05) is 6.61 Å². The average Bonchev–Trinajstić information content (AvgIpc) is 2.83. The molecule has 4 atom stereocenters. The summed E-state index contributed by atoms with van der Waals surface area (Å²) in [5.74, 6) is 0. The van der Waals surface area contributed by atoms with E-state index in [0.29, 0.717) is 0 Å². The lowest BCUT2D eigenvalue weighted by Crippen LogP contribution is -2.40. The number of aliphatic hydroxyl groups is 1. The zero-order chi connectivity index (χ0) is 11.7. The molecule has 0 amide bonds. The van der Waals surface area contributed by atoms with E-state index in [4.69, 9.17) is 14.2 Å². The van der Waals surface area contributed by atoms with E-state index in [9.17, 15) is 5.11 Å². The van der Waals surface area contributed by atoms with Crippen LogP contribution in [0.4, 0.5) is 0 Å². The molecule has 17 heavy (non-hydrogen) atoms. The summed E-state index contributed by atoms with van der Waals surface area (Å²) >= 11 is 0. The maximum Gasteiger partial charge on any atom is 0.185 e. The van der Waals surface area contributed by atoms with Crippen LogP contribution in [0.3, 0.4) is 0 Å². The fourth-order valence-corrected chi connectivity index (χ4v) is 2.14. The van der Waals surface area contributed by atoms with E-state index in [1.807, 2.05) is 36.4 Å². The Kier molecular flexibility index (Phi) is 2.84. The van der Waals surface area contributed by atoms with Gasteiger partial charge in [-0.2, -0.15) is 0 Å². The smallest absolute Gasteiger partial charge is 0.185 e. The van der Waals surface area contributed by atoms with Crippen molar-refractivity contribution < 1.29 is 19.3 Å². The summed E-state index contributed by atoms with van der Waals surface area (Å²) in [4.78, 5) is 0.